The van der Waals surface area contributed by atoms with Crippen LogP contribution in [0.5, 0.6) is 11.6 Å². The molecular formula is C22H20N2O3. The molecule has 5 nitrogen and oxygen atoms in total. The van der Waals surface area contributed by atoms with Crippen LogP contribution in [0.2, 0.25) is 0 Å². The Hall–Kier alpha value is -3.34. The molecule has 1 aromatic heterocycles. The first-order valence-electron chi connectivity index (χ1n) is 8.95. The molecule has 1 heterocycles. The van der Waals surface area contributed by atoms with E-state index in [9.17, 15) is 10.0 Å². The number of nitrogens with zero attached hydrogens (tertiary/aromatic N) is 2. The molecule has 0 aliphatic heterocycles. The number of aryl methyl sites for hydroxylation is 2. The van der Waals surface area contributed by atoms with E-state index in [-0.39, 0.29) is 11.6 Å². The van der Waals surface area contributed by atoms with Crippen molar-refractivity contribution < 1.29 is 9.84 Å². The molecule has 4 aromatic rings. The smallest absolute Gasteiger partial charge is 0.222 e. The van der Waals surface area contributed by atoms with E-state index in [4.69, 9.17) is 4.74 Å². The highest BCUT2D eigenvalue weighted by atomic mass is 16.5. The van der Waals surface area contributed by atoms with Crippen molar-refractivity contribution in [2.45, 2.75) is 19.9 Å². The highest BCUT2D eigenvalue weighted by Crippen LogP contribution is 2.39. The summed E-state index contributed by atoms with van der Waals surface area (Å²) in [5, 5.41) is 16.3. The van der Waals surface area contributed by atoms with Gasteiger partial charge in [-0.25, -0.2) is 0 Å². The Morgan fingerprint density at radius 3 is 2.59 bits per heavy atom. The predicted molar refractivity (Wildman–Crippen MR) is 108 cm³/mol. The lowest BCUT2D eigenvalue weighted by Gasteiger charge is -2.11. The molecule has 0 unspecified atom stereocenters. The first kappa shape index (κ1) is 17.1. The van der Waals surface area contributed by atoms with Crippen LogP contribution in [0.3, 0.4) is 0 Å². The second-order valence-electron chi connectivity index (χ2n) is 6.57. The number of aromatic nitrogens is 1. The number of ether oxygens (including phenoxy) is 1. The first-order valence-corrected chi connectivity index (χ1v) is 8.95. The lowest BCUT2D eigenvalue weighted by molar-refractivity contribution is 0.301. The zero-order chi connectivity index (χ0) is 18.8. The number of para-hydroxylation sites is 1. The van der Waals surface area contributed by atoms with Crippen molar-refractivity contribution in [3.8, 4) is 11.6 Å². The van der Waals surface area contributed by atoms with Gasteiger partial charge in [0.25, 0.3) is 0 Å². The number of fused-ring (bicyclic) bond motifs is 2. The Kier molecular flexibility index (Phi) is 4.50. The number of rotatable bonds is 6. The fourth-order valence-corrected chi connectivity index (χ4v) is 3.60. The first-order chi connectivity index (χ1) is 13.2. The summed E-state index contributed by atoms with van der Waals surface area (Å²) in [5.41, 5.74) is 1.94. The van der Waals surface area contributed by atoms with Crippen molar-refractivity contribution in [3.63, 3.8) is 0 Å². The van der Waals surface area contributed by atoms with Crippen LogP contribution < -0.4 is 4.74 Å². The van der Waals surface area contributed by atoms with E-state index in [0.29, 0.717) is 25.0 Å². The van der Waals surface area contributed by atoms with Gasteiger partial charge in [-0.2, -0.15) is 0 Å². The summed E-state index contributed by atoms with van der Waals surface area (Å²) >= 11 is 0. The van der Waals surface area contributed by atoms with Gasteiger partial charge < -0.3 is 14.4 Å². The van der Waals surface area contributed by atoms with Gasteiger partial charge in [-0.1, -0.05) is 54.6 Å². The number of hydrogen-bond acceptors (Lipinski definition) is 4. The summed E-state index contributed by atoms with van der Waals surface area (Å²) in [6, 6.07) is 19.7. The molecule has 0 saturated heterocycles. The number of aromatic hydroxyl groups is 1. The lowest BCUT2D eigenvalue weighted by atomic mass is 10.1. The minimum Gasteiger partial charge on any atom is -0.493 e. The Bertz CT molecular complexity index is 1130. The highest BCUT2D eigenvalue weighted by molar-refractivity contribution is 5.96. The van der Waals surface area contributed by atoms with Gasteiger partial charge in [-0.15, -0.1) is 4.91 Å². The maximum atomic E-state index is 11.2. The van der Waals surface area contributed by atoms with Crippen molar-refractivity contribution in [3.05, 3.63) is 71.1 Å². The van der Waals surface area contributed by atoms with Crippen LogP contribution in [0.1, 0.15) is 12.0 Å². The fourth-order valence-electron chi connectivity index (χ4n) is 3.60. The molecule has 0 bridgehead atoms. The SMILES string of the molecule is Cc1cccc2c(N=O)c(O)n(CCCOc3cccc4ccccc34)c12. The van der Waals surface area contributed by atoms with Gasteiger partial charge in [-0.3, -0.25) is 0 Å². The second kappa shape index (κ2) is 7.11. The van der Waals surface area contributed by atoms with E-state index in [0.717, 1.165) is 27.6 Å². The average molecular weight is 360 g/mol. The Labute approximate surface area is 156 Å². The van der Waals surface area contributed by atoms with Crippen molar-refractivity contribution in [2.24, 2.45) is 5.18 Å². The summed E-state index contributed by atoms with van der Waals surface area (Å²) in [6.45, 7) is 3.00. The zero-order valence-electron chi connectivity index (χ0n) is 15.1. The molecule has 136 valence electrons. The summed E-state index contributed by atoms with van der Waals surface area (Å²) in [5.74, 6) is 0.764. The van der Waals surface area contributed by atoms with Crippen molar-refractivity contribution in [2.75, 3.05) is 6.61 Å². The number of benzene rings is 3. The molecule has 0 fully saturated rings. The topological polar surface area (TPSA) is 63.8 Å². The van der Waals surface area contributed by atoms with E-state index in [1.807, 2.05) is 55.5 Å². The summed E-state index contributed by atoms with van der Waals surface area (Å²) < 4.78 is 7.72. The van der Waals surface area contributed by atoms with Crippen LogP contribution in [0.4, 0.5) is 5.69 Å². The third kappa shape index (κ3) is 3.01. The van der Waals surface area contributed by atoms with Gasteiger partial charge in [-0.05, 0) is 35.5 Å². The minimum absolute atomic E-state index is 0.0838. The molecule has 3 aromatic carbocycles. The quantitative estimate of drug-likeness (QED) is 0.356. The van der Waals surface area contributed by atoms with Crippen LogP contribution in [0, 0.1) is 11.8 Å². The van der Waals surface area contributed by atoms with Crippen LogP contribution in [0.25, 0.3) is 21.7 Å². The van der Waals surface area contributed by atoms with Gasteiger partial charge in [0.2, 0.25) is 5.88 Å². The van der Waals surface area contributed by atoms with Gasteiger partial charge in [0.1, 0.15) is 5.75 Å². The largest absolute Gasteiger partial charge is 0.493 e. The number of hydrogen-bond donors (Lipinski definition) is 1. The molecule has 0 saturated carbocycles. The normalized spacial score (nSPS) is 11.1. The standard InChI is InChI=1S/C22H20N2O3/c1-15-7-4-11-18-20(23-26)22(25)24(21(15)18)13-6-14-27-19-12-5-9-16-8-2-3-10-17(16)19/h2-5,7-12,25H,6,13-14H2,1H3. The van der Waals surface area contributed by atoms with Gasteiger partial charge in [0.05, 0.1) is 12.1 Å². The molecular weight excluding hydrogens is 340 g/mol. The second-order valence-corrected chi connectivity index (χ2v) is 6.57. The summed E-state index contributed by atoms with van der Waals surface area (Å²) in [4.78, 5) is 11.2. The Morgan fingerprint density at radius 1 is 1.00 bits per heavy atom. The summed E-state index contributed by atoms with van der Waals surface area (Å²) in [7, 11) is 0. The molecule has 1 N–H and O–H groups in total. The van der Waals surface area contributed by atoms with Crippen molar-refractivity contribution in [1.29, 1.82) is 0 Å². The molecule has 27 heavy (non-hydrogen) atoms. The third-order valence-corrected chi connectivity index (χ3v) is 4.85. The maximum absolute atomic E-state index is 11.2. The van der Waals surface area contributed by atoms with E-state index in [2.05, 4.69) is 17.3 Å². The molecule has 0 aliphatic carbocycles. The molecule has 4 rings (SSSR count). The van der Waals surface area contributed by atoms with Crippen molar-refractivity contribution >= 4 is 27.4 Å². The maximum Gasteiger partial charge on any atom is 0.222 e. The van der Waals surface area contributed by atoms with Crippen LogP contribution in [0.15, 0.2) is 65.8 Å². The third-order valence-electron chi connectivity index (χ3n) is 4.85. The molecule has 0 spiro atoms. The van der Waals surface area contributed by atoms with E-state index in [1.54, 1.807) is 4.57 Å². The van der Waals surface area contributed by atoms with Gasteiger partial charge in [0.15, 0.2) is 5.69 Å². The van der Waals surface area contributed by atoms with E-state index in [1.165, 1.54) is 0 Å². The molecule has 0 aliphatic rings. The van der Waals surface area contributed by atoms with Crippen LogP contribution in [-0.2, 0) is 6.54 Å². The molecule has 5 heteroatoms. The summed E-state index contributed by atoms with van der Waals surface area (Å²) in [6.07, 6.45) is 0.688. The fraction of sp³-hybridized carbons (Fsp3) is 0.182. The predicted octanol–water partition coefficient (Wildman–Crippen LogP) is 5.68. The number of nitroso groups, excluding NO2 is 1. The monoisotopic (exact) mass is 360 g/mol. The Morgan fingerprint density at radius 2 is 1.74 bits per heavy atom. The van der Waals surface area contributed by atoms with E-state index >= 15 is 0 Å². The minimum atomic E-state index is -0.0838. The average Bonchev–Trinajstić information content (AvgIpc) is 2.97. The Balaban J connectivity index is 1.53. The lowest BCUT2D eigenvalue weighted by Crippen LogP contribution is -2.05. The van der Waals surface area contributed by atoms with Crippen LogP contribution in [-0.4, -0.2) is 16.3 Å². The van der Waals surface area contributed by atoms with Crippen LogP contribution >= 0.6 is 0 Å². The highest BCUT2D eigenvalue weighted by Gasteiger charge is 2.18. The molecule has 0 atom stereocenters. The molecule has 0 amide bonds. The van der Waals surface area contributed by atoms with E-state index < -0.39 is 0 Å². The molecule has 0 radical (unpaired) electrons. The van der Waals surface area contributed by atoms with Crippen molar-refractivity contribution in [1.82, 2.24) is 4.57 Å². The van der Waals surface area contributed by atoms with Gasteiger partial charge in [0, 0.05) is 17.3 Å². The zero-order valence-corrected chi connectivity index (χ0v) is 15.1. The van der Waals surface area contributed by atoms with Gasteiger partial charge >= 0.3 is 0 Å².